The second-order valence-electron chi connectivity index (χ2n) is 17.6. The van der Waals surface area contributed by atoms with Gasteiger partial charge in [0.1, 0.15) is 0 Å². The molecule has 32 heteroatoms. The highest BCUT2D eigenvalue weighted by atomic mass is 35.5. The van der Waals surface area contributed by atoms with Crippen molar-refractivity contribution < 1.29 is 79.7 Å². The van der Waals surface area contributed by atoms with Crippen LogP contribution in [0.1, 0.15) is 163 Å². The van der Waals surface area contributed by atoms with Crippen molar-refractivity contribution in [2.75, 3.05) is 165 Å². The number of alkyl halides is 2. The van der Waals surface area contributed by atoms with E-state index in [9.17, 15) is 0 Å². The van der Waals surface area contributed by atoms with E-state index in [1.165, 1.54) is 0 Å². The summed E-state index contributed by atoms with van der Waals surface area (Å²) in [5, 5.41) is 0. The lowest BCUT2D eigenvalue weighted by molar-refractivity contribution is 0.0704. The van der Waals surface area contributed by atoms with Gasteiger partial charge in [-0.3, -0.25) is 0 Å². The van der Waals surface area contributed by atoms with Crippen molar-refractivity contribution in [3.63, 3.8) is 0 Å². The first kappa shape index (κ1) is 99.9. The zero-order valence-corrected chi connectivity index (χ0v) is 71.1. The molecule has 0 spiro atoms. The molecule has 0 saturated carbocycles. The van der Waals surface area contributed by atoms with Gasteiger partial charge in [-0.2, -0.15) is 25.3 Å². The average Bonchev–Trinajstić information content (AvgIpc) is 3.71. The summed E-state index contributed by atoms with van der Waals surface area (Å²) in [5.41, 5.74) is 0. The number of hydrogen-bond acceptors (Lipinski definition) is 24. The predicted octanol–water partition coefficient (Wildman–Crippen LogP) is 16.7. The van der Waals surface area contributed by atoms with Crippen LogP contribution in [0.2, 0.25) is 36.3 Å². The van der Waals surface area contributed by atoms with Gasteiger partial charge in [-0.25, -0.2) is 0 Å². The van der Waals surface area contributed by atoms with Crippen molar-refractivity contribution in [1.82, 2.24) is 0 Å². The molecule has 0 heterocycles. The second-order valence-corrected chi connectivity index (χ2v) is 41.1. The smallest absolute Gasteiger partial charge is 0.374 e. The quantitative estimate of drug-likeness (QED) is 0.0194. The maximum Gasteiger partial charge on any atom is 0.500 e. The first-order valence-electron chi connectivity index (χ1n) is 32.9. The highest BCUT2D eigenvalue weighted by Gasteiger charge is 2.44. The number of hydrogen-bond donors (Lipinski definition) is 2. The van der Waals surface area contributed by atoms with Crippen LogP contribution in [0.5, 0.6) is 0 Å². The summed E-state index contributed by atoms with van der Waals surface area (Å²) < 4.78 is 105. The number of rotatable bonds is 61. The summed E-state index contributed by atoms with van der Waals surface area (Å²) >= 11 is 18.5. The monoisotopic (exact) mass is 1520 g/mol. The van der Waals surface area contributed by atoms with Gasteiger partial charge in [0, 0.05) is 190 Å². The normalized spacial score (nSPS) is 12.2. The zero-order valence-electron chi connectivity index (χ0n) is 58.5. The molecule has 0 aliphatic heterocycles. The molecule has 0 radical (unpaired) electrons. The molecule has 0 unspecified atom stereocenters. The van der Waals surface area contributed by atoms with Crippen LogP contribution < -0.4 is 0 Å². The molecule has 0 aromatic carbocycles. The van der Waals surface area contributed by atoms with Crippen LogP contribution in [0, 0.1) is 0 Å². The van der Waals surface area contributed by atoms with Gasteiger partial charge < -0.3 is 79.7 Å². The highest BCUT2D eigenvalue weighted by Crippen LogP contribution is 2.31. The maximum atomic E-state index is 5.90. The number of thiol groups is 2. The van der Waals surface area contributed by atoms with Crippen LogP contribution in [0.4, 0.5) is 0 Å². The van der Waals surface area contributed by atoms with Crippen molar-refractivity contribution in [1.29, 1.82) is 0 Å². The van der Waals surface area contributed by atoms with Crippen LogP contribution in [0.3, 0.4) is 0 Å². The summed E-state index contributed by atoms with van der Waals surface area (Å²) in [5.74, 6) is 7.08. The molecule has 0 aromatic heterocycles. The molecule has 0 atom stereocenters. The molecule has 0 aliphatic rings. The summed E-state index contributed by atoms with van der Waals surface area (Å²) in [6.07, 6.45) is 6.13. The lowest BCUT2D eigenvalue weighted by Crippen LogP contribution is -2.46. The van der Waals surface area contributed by atoms with Gasteiger partial charge in [0.25, 0.3) is 0 Å². The Bertz CT molecular complexity index is 1130. The van der Waals surface area contributed by atoms with Gasteiger partial charge in [0.2, 0.25) is 0 Å². The van der Waals surface area contributed by atoms with E-state index >= 15 is 0 Å². The van der Waals surface area contributed by atoms with Crippen LogP contribution in [0.15, 0.2) is 0 Å². The zero-order chi connectivity index (χ0) is 67.4. The van der Waals surface area contributed by atoms with Crippen molar-refractivity contribution in [2.45, 2.75) is 199 Å². The fourth-order valence-corrected chi connectivity index (χ4v) is 30.2. The highest BCUT2D eigenvalue weighted by molar-refractivity contribution is 8.77. The molecule has 0 aromatic rings. The Morgan fingerprint density at radius 3 is 0.420 bits per heavy atom. The van der Waals surface area contributed by atoms with E-state index in [0.717, 1.165) is 109 Å². The topological polar surface area (TPSA) is 166 Å². The third kappa shape index (κ3) is 55.2. The van der Waals surface area contributed by atoms with Gasteiger partial charge in [-0.05, 0) is 175 Å². The molecule has 0 saturated heterocycles. The first-order valence-corrected chi connectivity index (χ1v) is 51.8. The SMILES string of the molecule is CCO[Si](CCCS)(OCC)OCC.CCO[Si](CCCS)(OCC)OCC.CCO[Si](CCCSSCCC[Si](OCC)(OCC)OCC)(OCC)OCC.CCO[Si](CCCSSCCC[Si](OCC)(OCC)OCC)(OCC)OCC.ClCCCl. The standard InChI is InChI=1S/2C18H42O6S2Si2.2C9H22O3SSi.C2H4Cl2/c2*1-7-19-27(20-8-2,21-9-3)17-13-15-25-26-16-14-18-28(22-10-4,23-11-5)24-12-6;2*1-4-10-14(11-5-2,12-6-3)9-7-8-13;3-1-2-4/h2*7-18H2,1-6H3;2*13H,4-9H2,1-3H3;1-2H2. The van der Waals surface area contributed by atoms with E-state index in [1.54, 1.807) is 0 Å². The minimum Gasteiger partial charge on any atom is -0.374 e. The third-order valence-electron chi connectivity index (χ3n) is 10.9. The van der Waals surface area contributed by atoms with E-state index in [4.69, 9.17) is 103 Å². The molecule has 0 rings (SSSR count). The summed E-state index contributed by atoms with van der Waals surface area (Å²) in [6.45, 7) is 47.4. The Hall–Kier alpha value is 3.26. The van der Waals surface area contributed by atoms with Crippen molar-refractivity contribution >= 4 is 144 Å². The molecular weight excluding hydrogens is 1390 g/mol. The van der Waals surface area contributed by atoms with E-state index < -0.39 is 52.8 Å². The maximum absolute atomic E-state index is 5.90. The fourth-order valence-electron chi connectivity index (χ4n) is 8.22. The van der Waals surface area contributed by atoms with Crippen LogP contribution in [-0.4, -0.2) is 218 Å². The van der Waals surface area contributed by atoms with Crippen LogP contribution in [0.25, 0.3) is 0 Å². The largest absolute Gasteiger partial charge is 0.500 e. The summed E-state index contributed by atoms with van der Waals surface area (Å²) in [7, 11) is -7.07. The summed E-state index contributed by atoms with van der Waals surface area (Å²) in [6, 6.07) is 5.25. The van der Waals surface area contributed by atoms with E-state index in [2.05, 4.69) is 25.3 Å². The van der Waals surface area contributed by atoms with E-state index in [0.29, 0.717) is 131 Å². The van der Waals surface area contributed by atoms with Crippen LogP contribution in [-0.2, 0) is 79.7 Å². The number of halogens is 2. The molecule has 0 N–H and O–H groups in total. The first-order chi connectivity index (χ1) is 42.5. The van der Waals surface area contributed by atoms with E-state index in [-0.39, 0.29) is 0 Å². The molecule has 538 valence electrons. The summed E-state index contributed by atoms with van der Waals surface area (Å²) in [4.78, 5) is 0. The van der Waals surface area contributed by atoms with Crippen molar-refractivity contribution in [3.05, 3.63) is 0 Å². The minimum absolute atomic E-state index is 0.557. The molecule has 0 fully saturated rings. The Kier molecular flexibility index (Phi) is 82.9. The fraction of sp³-hybridized carbons (Fsp3) is 1.00. The Labute approximate surface area is 584 Å². The van der Waals surface area contributed by atoms with Gasteiger partial charge in [-0.15, -0.1) is 23.2 Å². The van der Waals surface area contributed by atoms with Crippen LogP contribution >= 0.6 is 91.6 Å². The Balaban J connectivity index is -0.000000356. The third-order valence-corrected chi connectivity index (χ3v) is 36.2. The predicted molar refractivity (Wildman–Crippen MR) is 399 cm³/mol. The van der Waals surface area contributed by atoms with Gasteiger partial charge in [-0.1, -0.05) is 43.2 Å². The lowest BCUT2D eigenvalue weighted by Gasteiger charge is -2.28. The molecule has 0 bridgehead atoms. The van der Waals surface area contributed by atoms with Gasteiger partial charge >= 0.3 is 52.8 Å². The molecule has 0 aliphatic carbocycles. The Morgan fingerprint density at radius 2 is 0.330 bits per heavy atom. The van der Waals surface area contributed by atoms with Gasteiger partial charge in [0.05, 0.1) is 0 Å². The molecule has 88 heavy (non-hydrogen) atoms. The van der Waals surface area contributed by atoms with E-state index in [1.807, 2.05) is 168 Å². The Morgan fingerprint density at radius 1 is 0.216 bits per heavy atom. The lowest BCUT2D eigenvalue weighted by atomic mass is 10.6. The second kappa shape index (κ2) is 73.0. The minimum atomic E-state index is -2.49. The molecule has 0 amide bonds. The van der Waals surface area contributed by atoms with Gasteiger partial charge in [0.15, 0.2) is 0 Å². The van der Waals surface area contributed by atoms with Crippen molar-refractivity contribution in [2.24, 2.45) is 0 Å². The van der Waals surface area contributed by atoms with Crippen molar-refractivity contribution in [3.8, 4) is 0 Å². The molecular formula is C56H132Cl2O18S6Si6. The molecule has 18 nitrogen and oxygen atoms in total. The average molecular weight is 1530 g/mol.